The number of hydrogen-bond donors (Lipinski definition) is 0. The molecule has 0 fully saturated rings. The van der Waals surface area contributed by atoms with Gasteiger partial charge in [0.2, 0.25) is 0 Å². The second-order valence-corrected chi connectivity index (χ2v) is 5.83. The summed E-state index contributed by atoms with van der Waals surface area (Å²) >= 11 is 0. The Bertz CT molecular complexity index is 802. The maximum Gasteiger partial charge on any atom is 0.168 e. The normalized spacial score (nSPS) is 10.5. The van der Waals surface area contributed by atoms with Gasteiger partial charge >= 0.3 is 0 Å². The number of carbonyl (C=O) groups is 1. The molecule has 1 heterocycles. The SMILES string of the molecule is O=C(Cc1ccccn1)c1ccc(OCCOCc2ccccc2)cc1. The Labute approximate surface area is 153 Å². The average molecular weight is 347 g/mol. The molecule has 0 saturated heterocycles. The summed E-state index contributed by atoms with van der Waals surface area (Å²) in [7, 11) is 0. The summed E-state index contributed by atoms with van der Waals surface area (Å²) in [6, 6.07) is 22.8. The van der Waals surface area contributed by atoms with Crippen molar-refractivity contribution in [2.24, 2.45) is 0 Å². The van der Waals surface area contributed by atoms with Gasteiger partial charge in [-0.3, -0.25) is 9.78 Å². The fourth-order valence-electron chi connectivity index (χ4n) is 2.49. The van der Waals surface area contributed by atoms with Crippen molar-refractivity contribution in [1.82, 2.24) is 4.98 Å². The highest BCUT2D eigenvalue weighted by Gasteiger charge is 2.08. The van der Waals surface area contributed by atoms with Gasteiger partial charge in [-0.15, -0.1) is 0 Å². The maximum absolute atomic E-state index is 12.3. The van der Waals surface area contributed by atoms with E-state index in [-0.39, 0.29) is 5.78 Å². The van der Waals surface area contributed by atoms with Gasteiger partial charge < -0.3 is 9.47 Å². The van der Waals surface area contributed by atoms with E-state index in [1.54, 1.807) is 18.3 Å². The van der Waals surface area contributed by atoms with Crippen molar-refractivity contribution in [3.05, 3.63) is 95.8 Å². The lowest BCUT2D eigenvalue weighted by Gasteiger charge is -2.08. The zero-order valence-electron chi connectivity index (χ0n) is 14.5. The summed E-state index contributed by atoms with van der Waals surface area (Å²) in [6.45, 7) is 1.55. The van der Waals surface area contributed by atoms with Gasteiger partial charge in [0.1, 0.15) is 12.4 Å². The summed E-state index contributed by atoms with van der Waals surface area (Å²) < 4.78 is 11.2. The third kappa shape index (κ3) is 5.53. The van der Waals surface area contributed by atoms with Gasteiger partial charge in [0, 0.05) is 17.5 Å². The Balaban J connectivity index is 1.40. The Morgan fingerprint density at radius 2 is 1.62 bits per heavy atom. The van der Waals surface area contributed by atoms with E-state index in [0.717, 1.165) is 17.0 Å². The smallest absolute Gasteiger partial charge is 0.168 e. The van der Waals surface area contributed by atoms with Crippen molar-refractivity contribution < 1.29 is 14.3 Å². The molecular weight excluding hydrogens is 326 g/mol. The molecule has 3 rings (SSSR count). The van der Waals surface area contributed by atoms with Gasteiger partial charge in [-0.25, -0.2) is 0 Å². The first-order chi connectivity index (χ1) is 12.8. The van der Waals surface area contributed by atoms with Crippen LogP contribution in [0.2, 0.25) is 0 Å². The van der Waals surface area contributed by atoms with Crippen LogP contribution in [0.3, 0.4) is 0 Å². The first-order valence-corrected chi connectivity index (χ1v) is 8.59. The first-order valence-electron chi connectivity index (χ1n) is 8.59. The number of benzene rings is 2. The molecule has 0 aliphatic heterocycles. The van der Waals surface area contributed by atoms with Gasteiger partial charge in [0.25, 0.3) is 0 Å². The van der Waals surface area contributed by atoms with Crippen LogP contribution in [0.25, 0.3) is 0 Å². The quantitative estimate of drug-likeness (QED) is 0.432. The predicted octanol–water partition coefficient (Wildman–Crippen LogP) is 4.10. The van der Waals surface area contributed by atoms with E-state index >= 15 is 0 Å². The van der Waals surface area contributed by atoms with Crippen LogP contribution in [-0.2, 0) is 17.8 Å². The number of aromatic nitrogens is 1. The number of ether oxygens (including phenoxy) is 2. The van der Waals surface area contributed by atoms with Crippen LogP contribution in [0.5, 0.6) is 5.75 Å². The molecule has 4 nitrogen and oxygen atoms in total. The van der Waals surface area contributed by atoms with Crippen LogP contribution < -0.4 is 4.74 Å². The molecule has 3 aromatic rings. The highest BCUT2D eigenvalue weighted by molar-refractivity contribution is 5.97. The fourth-order valence-corrected chi connectivity index (χ4v) is 2.49. The Hall–Kier alpha value is -2.98. The molecule has 0 aliphatic carbocycles. The number of carbonyl (C=O) groups excluding carboxylic acids is 1. The minimum Gasteiger partial charge on any atom is -0.491 e. The number of pyridine rings is 1. The van der Waals surface area contributed by atoms with Gasteiger partial charge in [-0.1, -0.05) is 36.4 Å². The topological polar surface area (TPSA) is 48.4 Å². The highest BCUT2D eigenvalue weighted by Crippen LogP contribution is 2.14. The maximum atomic E-state index is 12.3. The lowest BCUT2D eigenvalue weighted by atomic mass is 10.1. The molecule has 0 saturated carbocycles. The molecule has 0 atom stereocenters. The highest BCUT2D eigenvalue weighted by atomic mass is 16.5. The van der Waals surface area contributed by atoms with E-state index in [0.29, 0.717) is 31.8 Å². The van der Waals surface area contributed by atoms with Crippen molar-refractivity contribution in [3.63, 3.8) is 0 Å². The third-order valence-electron chi connectivity index (χ3n) is 3.85. The van der Waals surface area contributed by atoms with Crippen molar-refractivity contribution >= 4 is 5.78 Å². The largest absolute Gasteiger partial charge is 0.491 e. The zero-order valence-corrected chi connectivity index (χ0v) is 14.5. The van der Waals surface area contributed by atoms with Crippen LogP contribution in [0.15, 0.2) is 79.0 Å². The molecule has 1 aromatic heterocycles. The molecule has 0 bridgehead atoms. The van der Waals surface area contributed by atoms with Crippen LogP contribution in [0.1, 0.15) is 21.6 Å². The van der Waals surface area contributed by atoms with Gasteiger partial charge in [-0.05, 0) is 42.0 Å². The molecule has 0 spiro atoms. The molecule has 132 valence electrons. The van der Waals surface area contributed by atoms with E-state index in [1.807, 2.05) is 60.7 Å². The summed E-state index contributed by atoms with van der Waals surface area (Å²) in [5.74, 6) is 0.768. The van der Waals surface area contributed by atoms with E-state index < -0.39 is 0 Å². The predicted molar refractivity (Wildman–Crippen MR) is 100 cm³/mol. The van der Waals surface area contributed by atoms with Crippen molar-refractivity contribution in [2.75, 3.05) is 13.2 Å². The van der Waals surface area contributed by atoms with E-state index in [4.69, 9.17) is 9.47 Å². The average Bonchev–Trinajstić information content (AvgIpc) is 2.70. The van der Waals surface area contributed by atoms with Gasteiger partial charge in [0.15, 0.2) is 5.78 Å². The lowest BCUT2D eigenvalue weighted by molar-refractivity contribution is 0.0889. The van der Waals surface area contributed by atoms with Crippen LogP contribution in [-0.4, -0.2) is 24.0 Å². The van der Waals surface area contributed by atoms with E-state index in [9.17, 15) is 4.79 Å². The Morgan fingerprint density at radius 1 is 0.846 bits per heavy atom. The Kier molecular flexibility index (Phi) is 6.51. The molecule has 0 amide bonds. The molecule has 26 heavy (non-hydrogen) atoms. The second-order valence-electron chi connectivity index (χ2n) is 5.83. The van der Waals surface area contributed by atoms with Crippen molar-refractivity contribution in [2.45, 2.75) is 13.0 Å². The number of rotatable bonds is 9. The Morgan fingerprint density at radius 3 is 2.35 bits per heavy atom. The summed E-state index contributed by atoms with van der Waals surface area (Å²) in [5, 5.41) is 0. The molecule has 0 unspecified atom stereocenters. The first kappa shape index (κ1) is 17.8. The van der Waals surface area contributed by atoms with E-state index in [2.05, 4.69) is 4.98 Å². The number of ketones is 1. The van der Waals surface area contributed by atoms with Crippen LogP contribution in [0, 0.1) is 0 Å². The minimum absolute atomic E-state index is 0.0430. The summed E-state index contributed by atoms with van der Waals surface area (Å²) in [6.07, 6.45) is 1.99. The number of hydrogen-bond acceptors (Lipinski definition) is 4. The minimum atomic E-state index is 0.0430. The summed E-state index contributed by atoms with van der Waals surface area (Å²) in [5.41, 5.74) is 2.57. The molecule has 0 aliphatic rings. The number of nitrogens with zero attached hydrogens (tertiary/aromatic N) is 1. The standard InChI is InChI=1S/C22H21NO3/c24-22(16-20-8-4-5-13-23-20)19-9-11-21(12-10-19)26-15-14-25-17-18-6-2-1-3-7-18/h1-13H,14-17H2. The van der Waals surface area contributed by atoms with Crippen LogP contribution >= 0.6 is 0 Å². The van der Waals surface area contributed by atoms with Crippen molar-refractivity contribution in [1.29, 1.82) is 0 Å². The molecular formula is C22H21NO3. The van der Waals surface area contributed by atoms with Crippen LogP contribution in [0.4, 0.5) is 0 Å². The fraction of sp³-hybridized carbons (Fsp3) is 0.182. The van der Waals surface area contributed by atoms with E-state index in [1.165, 1.54) is 0 Å². The second kappa shape index (κ2) is 9.49. The molecule has 0 N–H and O–H groups in total. The van der Waals surface area contributed by atoms with Crippen molar-refractivity contribution in [3.8, 4) is 5.75 Å². The molecule has 0 radical (unpaired) electrons. The molecule has 4 heteroatoms. The monoisotopic (exact) mass is 347 g/mol. The zero-order chi connectivity index (χ0) is 18.0. The van der Waals surface area contributed by atoms with Gasteiger partial charge in [0.05, 0.1) is 19.6 Å². The summed E-state index contributed by atoms with van der Waals surface area (Å²) in [4.78, 5) is 16.4. The van der Waals surface area contributed by atoms with Gasteiger partial charge in [-0.2, -0.15) is 0 Å². The lowest BCUT2D eigenvalue weighted by Crippen LogP contribution is -2.07. The molecule has 2 aromatic carbocycles. The third-order valence-corrected chi connectivity index (χ3v) is 3.85. The number of Topliss-reactive ketones (excluding diaryl/α,β-unsaturated/α-hetero) is 1.